The van der Waals surface area contributed by atoms with E-state index < -0.39 is 5.97 Å². The largest absolute Gasteiger partial charge is 0.508 e. The number of allylic oxidation sites excluding steroid dienone is 2. The third kappa shape index (κ3) is 5.03. The lowest BCUT2D eigenvalue weighted by Gasteiger charge is -2.06. The Balaban J connectivity index is 1.50. The van der Waals surface area contributed by atoms with Crippen LogP contribution in [0.4, 0.5) is 0 Å². The smallest absolute Gasteiger partial charge is 0.307 e. The van der Waals surface area contributed by atoms with E-state index >= 15 is 0 Å². The molecule has 0 aliphatic heterocycles. The van der Waals surface area contributed by atoms with Crippen LogP contribution in [0.3, 0.4) is 0 Å². The average Bonchev–Trinajstić information content (AvgIpc) is 3.01. The topological polar surface area (TPSA) is 57.5 Å². The molecule has 0 amide bonds. The molecule has 0 unspecified atom stereocenters. The Labute approximate surface area is 196 Å². The number of halogens is 1. The van der Waals surface area contributed by atoms with Gasteiger partial charge in [-0.15, -0.1) is 0 Å². The highest BCUT2D eigenvalue weighted by Gasteiger charge is 2.25. The normalized spacial score (nSPS) is 14.1. The molecule has 0 fully saturated rings. The quantitative estimate of drug-likeness (QED) is 0.371. The summed E-state index contributed by atoms with van der Waals surface area (Å²) >= 11 is 3.51. The molecular weight excluding hydrogens is 464 g/mol. The van der Waals surface area contributed by atoms with E-state index in [0.29, 0.717) is 5.75 Å². The van der Waals surface area contributed by atoms with Crippen molar-refractivity contribution in [2.24, 2.45) is 0 Å². The molecule has 32 heavy (non-hydrogen) atoms. The van der Waals surface area contributed by atoms with Gasteiger partial charge in [-0.1, -0.05) is 58.4 Å². The molecule has 0 atom stereocenters. The van der Waals surface area contributed by atoms with Crippen LogP contribution in [0.25, 0.3) is 17.2 Å². The lowest BCUT2D eigenvalue weighted by Crippen LogP contribution is -1.96. The second kappa shape index (κ2) is 9.58. The van der Waals surface area contributed by atoms with E-state index in [-0.39, 0.29) is 6.42 Å². The second-order valence-electron chi connectivity index (χ2n) is 8.18. The van der Waals surface area contributed by atoms with Crippen molar-refractivity contribution in [3.63, 3.8) is 0 Å². The third-order valence-electron chi connectivity index (χ3n) is 5.94. The highest BCUT2D eigenvalue weighted by molar-refractivity contribution is 9.10. The van der Waals surface area contributed by atoms with Crippen LogP contribution in [0.1, 0.15) is 47.6 Å². The van der Waals surface area contributed by atoms with Crippen LogP contribution < -0.4 is 0 Å². The molecule has 2 N–H and O–H groups in total. The maximum atomic E-state index is 11.4. The number of carboxylic acid groups (broad SMARTS) is 1. The summed E-state index contributed by atoms with van der Waals surface area (Å²) in [5.74, 6) is -0.515. The molecule has 4 rings (SSSR count). The summed E-state index contributed by atoms with van der Waals surface area (Å²) in [6.07, 6.45) is 5.20. The molecule has 0 heterocycles. The average molecular weight is 489 g/mol. The number of fused-ring (bicyclic) bond motifs is 1. The van der Waals surface area contributed by atoms with Crippen molar-refractivity contribution in [2.45, 2.75) is 32.6 Å². The van der Waals surface area contributed by atoms with E-state index in [2.05, 4.69) is 52.3 Å². The maximum Gasteiger partial charge on any atom is 0.307 e. The van der Waals surface area contributed by atoms with E-state index in [1.165, 1.54) is 11.1 Å². The highest BCUT2D eigenvalue weighted by Crippen LogP contribution is 2.44. The Bertz CT molecular complexity index is 1200. The van der Waals surface area contributed by atoms with Crippen LogP contribution >= 0.6 is 15.9 Å². The summed E-state index contributed by atoms with van der Waals surface area (Å²) in [6.45, 7) is 2.01. The molecule has 0 aromatic heterocycles. The molecule has 0 bridgehead atoms. The predicted octanol–water partition coefficient (Wildman–Crippen LogP) is 7.13. The van der Waals surface area contributed by atoms with Crippen LogP contribution in [-0.2, 0) is 17.6 Å². The number of aliphatic carboxylic acids is 1. The van der Waals surface area contributed by atoms with E-state index in [9.17, 15) is 15.0 Å². The van der Waals surface area contributed by atoms with Gasteiger partial charge in [0.05, 0.1) is 6.42 Å². The minimum Gasteiger partial charge on any atom is -0.508 e. The zero-order valence-corrected chi connectivity index (χ0v) is 19.5. The summed E-state index contributed by atoms with van der Waals surface area (Å²) in [6, 6.07) is 22.1. The van der Waals surface area contributed by atoms with E-state index in [0.717, 1.165) is 57.1 Å². The first kappa shape index (κ1) is 22.1. The first-order chi connectivity index (χ1) is 15.4. The molecule has 1 aliphatic rings. The fourth-order valence-electron chi connectivity index (χ4n) is 4.24. The van der Waals surface area contributed by atoms with Gasteiger partial charge in [0.25, 0.3) is 0 Å². The zero-order valence-electron chi connectivity index (χ0n) is 17.9. The van der Waals surface area contributed by atoms with Crippen molar-refractivity contribution < 1.29 is 15.0 Å². The number of carboxylic acids is 1. The number of hydrogen-bond acceptors (Lipinski definition) is 2. The number of carbonyl (C=O) groups is 1. The van der Waals surface area contributed by atoms with E-state index in [1.54, 1.807) is 12.1 Å². The second-order valence-corrected chi connectivity index (χ2v) is 9.10. The van der Waals surface area contributed by atoms with Crippen molar-refractivity contribution in [2.75, 3.05) is 0 Å². The summed E-state index contributed by atoms with van der Waals surface area (Å²) in [5.41, 5.74) is 8.70. The molecule has 0 radical (unpaired) electrons. The number of aromatic hydroxyl groups is 1. The van der Waals surface area contributed by atoms with Gasteiger partial charge in [-0.2, -0.15) is 0 Å². The standard InChI is InChI=1S/C28H25BrO3/c1-18-25(24-14-11-22(29)16-27(24)26(18)17-28(31)32)15-21-7-5-19(6-8-21)3-2-4-20-9-12-23(30)13-10-20/h5-16,30H,2-4,17H2,1H3,(H,31,32)/b25-15-. The van der Waals surface area contributed by atoms with Gasteiger partial charge in [-0.25, -0.2) is 0 Å². The molecular formula is C28H25BrO3. The molecule has 0 saturated carbocycles. The minimum absolute atomic E-state index is 0.0204. The third-order valence-corrected chi connectivity index (χ3v) is 6.43. The van der Waals surface area contributed by atoms with Gasteiger partial charge in [0, 0.05) is 4.47 Å². The van der Waals surface area contributed by atoms with Crippen molar-refractivity contribution >= 4 is 39.1 Å². The van der Waals surface area contributed by atoms with Gasteiger partial charge in [0.15, 0.2) is 0 Å². The maximum absolute atomic E-state index is 11.4. The molecule has 0 spiro atoms. The molecule has 3 aromatic carbocycles. The summed E-state index contributed by atoms with van der Waals surface area (Å²) in [7, 11) is 0. The van der Waals surface area contributed by atoms with E-state index in [4.69, 9.17) is 0 Å². The van der Waals surface area contributed by atoms with Crippen molar-refractivity contribution in [3.8, 4) is 5.75 Å². The Morgan fingerprint density at radius 1 is 0.906 bits per heavy atom. The number of benzene rings is 3. The summed E-state index contributed by atoms with van der Waals surface area (Å²) in [5, 5.41) is 18.8. The van der Waals surface area contributed by atoms with Crippen LogP contribution in [0.2, 0.25) is 0 Å². The van der Waals surface area contributed by atoms with E-state index in [1.807, 2.05) is 31.2 Å². The lowest BCUT2D eigenvalue weighted by atomic mass is 9.99. The SMILES string of the molecule is CC1=C(CC(=O)O)c2cc(Br)ccc2/C1=C\c1ccc(CCCc2ccc(O)cc2)cc1. The van der Waals surface area contributed by atoms with Crippen LogP contribution in [-0.4, -0.2) is 16.2 Å². The minimum atomic E-state index is -0.816. The number of phenolic OH excluding ortho intramolecular Hbond substituents is 1. The molecule has 4 heteroatoms. The molecule has 3 aromatic rings. The molecule has 162 valence electrons. The van der Waals surface area contributed by atoms with Crippen LogP contribution in [0.15, 0.2) is 76.8 Å². The Morgan fingerprint density at radius 2 is 1.53 bits per heavy atom. The zero-order chi connectivity index (χ0) is 22.7. The summed E-state index contributed by atoms with van der Waals surface area (Å²) < 4.78 is 0.949. The van der Waals surface area contributed by atoms with Gasteiger partial charge in [0.1, 0.15) is 5.75 Å². The molecule has 0 saturated heterocycles. The molecule has 1 aliphatic carbocycles. The summed E-state index contributed by atoms with van der Waals surface area (Å²) in [4.78, 5) is 11.4. The fourth-order valence-corrected chi connectivity index (χ4v) is 4.60. The first-order valence-corrected chi connectivity index (χ1v) is 11.5. The van der Waals surface area contributed by atoms with Crippen molar-refractivity contribution in [3.05, 3.63) is 105 Å². The Kier molecular flexibility index (Phi) is 6.61. The first-order valence-electron chi connectivity index (χ1n) is 10.7. The van der Waals surface area contributed by atoms with Gasteiger partial charge in [-0.05, 0) is 101 Å². The van der Waals surface area contributed by atoms with Gasteiger partial charge in [-0.3, -0.25) is 4.79 Å². The van der Waals surface area contributed by atoms with Gasteiger partial charge < -0.3 is 10.2 Å². The lowest BCUT2D eigenvalue weighted by molar-refractivity contribution is -0.135. The number of aryl methyl sites for hydroxylation is 2. The molecule has 3 nitrogen and oxygen atoms in total. The number of hydrogen-bond donors (Lipinski definition) is 2. The fraction of sp³-hybridized carbons (Fsp3) is 0.179. The number of rotatable bonds is 7. The predicted molar refractivity (Wildman–Crippen MR) is 133 cm³/mol. The highest BCUT2D eigenvalue weighted by atomic mass is 79.9. The van der Waals surface area contributed by atoms with Crippen LogP contribution in [0.5, 0.6) is 5.75 Å². The monoisotopic (exact) mass is 488 g/mol. The Morgan fingerprint density at radius 3 is 2.16 bits per heavy atom. The van der Waals surface area contributed by atoms with Crippen LogP contribution in [0, 0.1) is 0 Å². The van der Waals surface area contributed by atoms with Gasteiger partial charge in [0.2, 0.25) is 0 Å². The van der Waals surface area contributed by atoms with Crippen molar-refractivity contribution in [1.82, 2.24) is 0 Å². The van der Waals surface area contributed by atoms with Gasteiger partial charge >= 0.3 is 5.97 Å². The Hall–Kier alpha value is -3.11. The van der Waals surface area contributed by atoms with Crippen molar-refractivity contribution in [1.29, 1.82) is 0 Å². The number of phenols is 1.